The van der Waals surface area contributed by atoms with Gasteiger partial charge in [0.2, 0.25) is 0 Å². The first kappa shape index (κ1) is 14.6. The van der Waals surface area contributed by atoms with Gasteiger partial charge in [-0.2, -0.15) is 5.26 Å². The van der Waals surface area contributed by atoms with Crippen LogP contribution in [0.25, 0.3) is 10.6 Å². The lowest BCUT2D eigenvalue weighted by Gasteiger charge is -2.01. The van der Waals surface area contributed by atoms with Crippen molar-refractivity contribution in [2.45, 2.75) is 12.8 Å². The van der Waals surface area contributed by atoms with Gasteiger partial charge < -0.3 is 0 Å². The largest absolute Gasteiger partial charge is 0.291 e. The highest BCUT2D eigenvalue weighted by Crippen LogP contribution is 2.30. The molecule has 2 heterocycles. The molecule has 0 bridgehead atoms. The highest BCUT2D eigenvalue weighted by molar-refractivity contribution is 7.17. The Labute approximate surface area is 135 Å². The van der Waals surface area contributed by atoms with Crippen molar-refractivity contribution >= 4 is 28.5 Å². The third-order valence-corrected chi connectivity index (χ3v) is 5.13. The Kier molecular flexibility index (Phi) is 4.09. The molecule has 0 aliphatic heterocycles. The van der Waals surface area contributed by atoms with E-state index in [1.807, 2.05) is 42.6 Å². The Morgan fingerprint density at radius 3 is 2.73 bits per heavy atom. The minimum Gasteiger partial charge on any atom is -0.291 e. The van der Waals surface area contributed by atoms with Gasteiger partial charge in [-0.25, -0.2) is 9.97 Å². The van der Waals surface area contributed by atoms with Crippen molar-refractivity contribution in [1.29, 1.82) is 5.26 Å². The lowest BCUT2D eigenvalue weighted by molar-refractivity contribution is 0.0982. The van der Waals surface area contributed by atoms with Crippen LogP contribution in [0.2, 0.25) is 0 Å². The summed E-state index contributed by atoms with van der Waals surface area (Å²) in [5.74, 6) is -1.10. The van der Waals surface area contributed by atoms with E-state index in [1.165, 1.54) is 22.7 Å². The van der Waals surface area contributed by atoms with E-state index < -0.39 is 5.92 Å². The molecule has 2 aromatic heterocycles. The summed E-state index contributed by atoms with van der Waals surface area (Å²) in [4.78, 5) is 21.6. The number of aryl methyl sites for hydroxylation is 1. The van der Waals surface area contributed by atoms with Crippen molar-refractivity contribution in [2.75, 3.05) is 0 Å². The van der Waals surface area contributed by atoms with Gasteiger partial charge in [-0.15, -0.1) is 22.7 Å². The number of nitrogens with zero attached hydrogens (tertiary/aromatic N) is 3. The molecule has 0 aliphatic rings. The molecule has 22 heavy (non-hydrogen) atoms. The molecule has 0 radical (unpaired) electrons. The normalized spacial score (nSPS) is 11.8. The maximum atomic E-state index is 12.5. The summed E-state index contributed by atoms with van der Waals surface area (Å²) in [6, 6.07) is 11.7. The number of nitriles is 1. The summed E-state index contributed by atoms with van der Waals surface area (Å²) in [6.45, 7) is 1.85. The van der Waals surface area contributed by atoms with Gasteiger partial charge in [0.1, 0.15) is 10.0 Å². The topological polar surface area (TPSA) is 66.6 Å². The smallest absolute Gasteiger partial charge is 0.198 e. The van der Waals surface area contributed by atoms with Crippen LogP contribution in [0.4, 0.5) is 0 Å². The molecule has 0 saturated carbocycles. The highest BCUT2D eigenvalue weighted by Gasteiger charge is 2.26. The first-order valence-corrected chi connectivity index (χ1v) is 8.26. The van der Waals surface area contributed by atoms with Crippen molar-refractivity contribution in [3.8, 4) is 16.6 Å². The monoisotopic (exact) mass is 325 g/mol. The number of benzene rings is 1. The van der Waals surface area contributed by atoms with E-state index in [2.05, 4.69) is 16.0 Å². The molecule has 3 aromatic rings. The standard InChI is InChI=1S/C16H11N3OS2/c1-10-9-21-16(19-10)12(7-17)14(20)13-8-18-15(22-13)11-5-3-2-4-6-11/h2-6,8-9,12H,1H3. The second-order valence-corrected chi connectivity index (χ2v) is 6.57. The Morgan fingerprint density at radius 2 is 2.09 bits per heavy atom. The van der Waals surface area contributed by atoms with Crippen LogP contribution < -0.4 is 0 Å². The number of hydrogen-bond donors (Lipinski definition) is 0. The Morgan fingerprint density at radius 1 is 1.32 bits per heavy atom. The third-order valence-electron chi connectivity index (χ3n) is 3.04. The zero-order valence-corrected chi connectivity index (χ0v) is 13.3. The first-order chi connectivity index (χ1) is 10.7. The van der Waals surface area contributed by atoms with Crippen LogP contribution in [0.15, 0.2) is 41.9 Å². The van der Waals surface area contributed by atoms with Crippen molar-refractivity contribution < 1.29 is 4.79 Å². The van der Waals surface area contributed by atoms with E-state index in [4.69, 9.17) is 0 Å². The molecule has 0 N–H and O–H groups in total. The molecule has 0 amide bonds. The van der Waals surface area contributed by atoms with Crippen LogP contribution in [0.5, 0.6) is 0 Å². The predicted octanol–water partition coefficient (Wildman–Crippen LogP) is 4.07. The van der Waals surface area contributed by atoms with Gasteiger partial charge in [-0.3, -0.25) is 4.79 Å². The van der Waals surface area contributed by atoms with Crippen molar-refractivity contribution in [3.63, 3.8) is 0 Å². The second kappa shape index (κ2) is 6.18. The maximum Gasteiger partial charge on any atom is 0.198 e. The predicted molar refractivity (Wildman–Crippen MR) is 87.1 cm³/mol. The number of aromatic nitrogens is 2. The molecule has 0 saturated heterocycles. The van der Waals surface area contributed by atoms with Gasteiger partial charge in [0, 0.05) is 22.8 Å². The third kappa shape index (κ3) is 2.82. The van der Waals surface area contributed by atoms with E-state index >= 15 is 0 Å². The Hall–Kier alpha value is -2.36. The number of carbonyl (C=O) groups is 1. The van der Waals surface area contributed by atoms with Gasteiger partial charge in [0.25, 0.3) is 0 Å². The summed E-state index contributed by atoms with van der Waals surface area (Å²) in [6.07, 6.45) is 1.54. The summed E-state index contributed by atoms with van der Waals surface area (Å²) in [7, 11) is 0. The van der Waals surface area contributed by atoms with E-state index in [-0.39, 0.29) is 5.78 Å². The lowest BCUT2D eigenvalue weighted by Crippen LogP contribution is -2.09. The van der Waals surface area contributed by atoms with Gasteiger partial charge in [-0.05, 0) is 6.92 Å². The average molecular weight is 325 g/mol. The van der Waals surface area contributed by atoms with Crippen LogP contribution in [-0.2, 0) is 0 Å². The zero-order valence-electron chi connectivity index (χ0n) is 11.7. The first-order valence-electron chi connectivity index (χ1n) is 6.56. The van der Waals surface area contributed by atoms with Crippen molar-refractivity contribution in [1.82, 2.24) is 9.97 Å². The summed E-state index contributed by atoms with van der Waals surface area (Å²) >= 11 is 2.64. The van der Waals surface area contributed by atoms with Crippen molar-refractivity contribution in [2.24, 2.45) is 0 Å². The molecule has 0 fully saturated rings. The number of hydrogen-bond acceptors (Lipinski definition) is 6. The SMILES string of the molecule is Cc1csc(C(C#N)C(=O)c2cnc(-c3ccccc3)s2)n1. The van der Waals surface area contributed by atoms with E-state index in [0.29, 0.717) is 9.88 Å². The quantitative estimate of drug-likeness (QED) is 0.678. The zero-order chi connectivity index (χ0) is 15.5. The minimum absolute atomic E-state index is 0.239. The number of carbonyl (C=O) groups excluding carboxylic acids is 1. The van der Waals surface area contributed by atoms with Crippen LogP contribution in [0.1, 0.15) is 26.3 Å². The summed E-state index contributed by atoms with van der Waals surface area (Å²) in [5, 5.41) is 12.5. The summed E-state index contributed by atoms with van der Waals surface area (Å²) < 4.78 is 0. The van der Waals surface area contributed by atoms with Crippen LogP contribution in [0.3, 0.4) is 0 Å². The lowest BCUT2D eigenvalue weighted by atomic mass is 10.1. The molecular formula is C16H11N3OS2. The maximum absolute atomic E-state index is 12.5. The fourth-order valence-electron chi connectivity index (χ4n) is 1.98. The Bertz CT molecular complexity index is 846. The Balaban J connectivity index is 1.89. The number of thiazole rings is 2. The van der Waals surface area contributed by atoms with Crippen LogP contribution in [-0.4, -0.2) is 15.8 Å². The van der Waals surface area contributed by atoms with E-state index in [9.17, 15) is 10.1 Å². The molecule has 1 aromatic carbocycles. The molecule has 1 atom stereocenters. The van der Waals surface area contributed by atoms with E-state index in [0.717, 1.165) is 16.3 Å². The molecule has 1 unspecified atom stereocenters. The number of ketones is 1. The fraction of sp³-hybridized carbons (Fsp3) is 0.125. The highest BCUT2D eigenvalue weighted by atomic mass is 32.1. The molecule has 0 aliphatic carbocycles. The van der Waals surface area contributed by atoms with Crippen molar-refractivity contribution in [3.05, 3.63) is 57.5 Å². The van der Waals surface area contributed by atoms with Gasteiger partial charge in [0.05, 0.1) is 10.9 Å². The molecule has 3 rings (SSSR count). The molecule has 0 spiro atoms. The van der Waals surface area contributed by atoms with E-state index in [1.54, 1.807) is 6.20 Å². The second-order valence-electron chi connectivity index (χ2n) is 4.65. The summed E-state index contributed by atoms with van der Waals surface area (Å²) in [5.41, 5.74) is 1.78. The average Bonchev–Trinajstić information content (AvgIpc) is 3.18. The van der Waals surface area contributed by atoms with Gasteiger partial charge in [-0.1, -0.05) is 30.3 Å². The minimum atomic E-state index is -0.859. The fourth-order valence-corrected chi connectivity index (χ4v) is 3.70. The molecular weight excluding hydrogens is 314 g/mol. The van der Waals surface area contributed by atoms with Gasteiger partial charge in [0.15, 0.2) is 11.7 Å². The van der Waals surface area contributed by atoms with Crippen LogP contribution >= 0.6 is 22.7 Å². The number of rotatable bonds is 4. The van der Waals surface area contributed by atoms with Crippen LogP contribution in [0, 0.1) is 18.3 Å². The number of Topliss-reactive ketones (excluding diaryl/α,β-unsaturated/α-hetero) is 1. The molecule has 4 nitrogen and oxygen atoms in total. The molecule has 108 valence electrons. The molecule has 6 heteroatoms. The van der Waals surface area contributed by atoms with Gasteiger partial charge >= 0.3 is 0 Å².